The Balaban J connectivity index is 2.16. The monoisotopic (exact) mass is 264 g/mol. The number of hydrogen-bond donors (Lipinski definition) is 1. The zero-order valence-corrected chi connectivity index (χ0v) is 11.5. The Morgan fingerprint density at radius 1 is 0.950 bits per heavy atom. The van der Waals surface area contributed by atoms with Crippen molar-refractivity contribution < 1.29 is 5.11 Å². The minimum Gasteiger partial charge on any atom is -0.504 e. The summed E-state index contributed by atoms with van der Waals surface area (Å²) >= 11 is 0. The van der Waals surface area contributed by atoms with E-state index >= 15 is 0 Å². The molecule has 0 bridgehead atoms. The molecule has 3 nitrogen and oxygen atoms in total. The van der Waals surface area contributed by atoms with Gasteiger partial charge in [-0.25, -0.2) is 4.68 Å². The van der Waals surface area contributed by atoms with E-state index < -0.39 is 0 Å². The SMILES string of the molecule is Cc1cccc(-n2nc(-c3ccccc3)c(O)c2C)c1. The lowest BCUT2D eigenvalue weighted by Gasteiger charge is -2.04. The molecule has 1 N–H and O–H groups in total. The third-order valence-corrected chi connectivity index (χ3v) is 3.38. The van der Waals surface area contributed by atoms with Crippen molar-refractivity contribution in [1.29, 1.82) is 0 Å². The van der Waals surface area contributed by atoms with E-state index in [1.807, 2.05) is 68.4 Å². The Labute approximate surface area is 118 Å². The van der Waals surface area contributed by atoms with Gasteiger partial charge in [-0.1, -0.05) is 42.5 Å². The van der Waals surface area contributed by atoms with Gasteiger partial charge in [-0.2, -0.15) is 5.10 Å². The maximum atomic E-state index is 10.3. The molecule has 0 aliphatic heterocycles. The fourth-order valence-electron chi connectivity index (χ4n) is 2.30. The number of benzene rings is 2. The highest BCUT2D eigenvalue weighted by molar-refractivity contribution is 5.67. The summed E-state index contributed by atoms with van der Waals surface area (Å²) in [5, 5.41) is 14.9. The first-order valence-electron chi connectivity index (χ1n) is 6.58. The third kappa shape index (κ3) is 2.07. The maximum Gasteiger partial charge on any atom is 0.165 e. The summed E-state index contributed by atoms with van der Waals surface area (Å²) in [6, 6.07) is 17.8. The number of aryl methyl sites for hydroxylation is 1. The number of aromatic nitrogens is 2. The lowest BCUT2D eigenvalue weighted by Crippen LogP contribution is -1.99. The summed E-state index contributed by atoms with van der Waals surface area (Å²) in [4.78, 5) is 0. The van der Waals surface area contributed by atoms with Crippen LogP contribution in [0.1, 0.15) is 11.3 Å². The van der Waals surface area contributed by atoms with Gasteiger partial charge in [-0.05, 0) is 31.5 Å². The van der Waals surface area contributed by atoms with Crippen molar-refractivity contribution >= 4 is 0 Å². The zero-order valence-electron chi connectivity index (χ0n) is 11.5. The van der Waals surface area contributed by atoms with Crippen molar-refractivity contribution in [3.05, 3.63) is 65.9 Å². The van der Waals surface area contributed by atoms with Gasteiger partial charge in [0.25, 0.3) is 0 Å². The molecule has 3 rings (SSSR count). The van der Waals surface area contributed by atoms with Crippen LogP contribution in [0.15, 0.2) is 54.6 Å². The van der Waals surface area contributed by atoms with Crippen LogP contribution in [0.4, 0.5) is 0 Å². The molecule has 0 aliphatic carbocycles. The maximum absolute atomic E-state index is 10.3. The van der Waals surface area contributed by atoms with Crippen molar-refractivity contribution in [3.63, 3.8) is 0 Å². The first-order valence-corrected chi connectivity index (χ1v) is 6.58. The highest BCUT2D eigenvalue weighted by Crippen LogP contribution is 2.32. The van der Waals surface area contributed by atoms with E-state index in [1.165, 1.54) is 0 Å². The van der Waals surface area contributed by atoms with Crippen molar-refractivity contribution in [2.45, 2.75) is 13.8 Å². The first kappa shape index (κ1) is 12.5. The van der Waals surface area contributed by atoms with Gasteiger partial charge in [0.15, 0.2) is 5.75 Å². The van der Waals surface area contributed by atoms with Crippen LogP contribution in [0.3, 0.4) is 0 Å². The molecule has 100 valence electrons. The summed E-state index contributed by atoms with van der Waals surface area (Å²) in [7, 11) is 0. The molecular formula is C17H16N2O. The number of nitrogens with zero attached hydrogens (tertiary/aromatic N) is 2. The van der Waals surface area contributed by atoms with E-state index in [0.717, 1.165) is 22.5 Å². The molecule has 1 heterocycles. The summed E-state index contributed by atoms with van der Waals surface area (Å²) in [5.74, 6) is 0.234. The lowest BCUT2D eigenvalue weighted by atomic mass is 10.1. The highest BCUT2D eigenvalue weighted by Gasteiger charge is 2.16. The van der Waals surface area contributed by atoms with Crippen LogP contribution >= 0.6 is 0 Å². The molecule has 0 unspecified atom stereocenters. The molecule has 0 atom stereocenters. The Morgan fingerprint density at radius 2 is 1.70 bits per heavy atom. The Bertz CT molecular complexity index is 745. The van der Waals surface area contributed by atoms with Crippen molar-refractivity contribution in [2.75, 3.05) is 0 Å². The second-order valence-corrected chi connectivity index (χ2v) is 4.90. The molecule has 0 fully saturated rings. The van der Waals surface area contributed by atoms with Crippen molar-refractivity contribution in [1.82, 2.24) is 9.78 Å². The van der Waals surface area contributed by atoms with Gasteiger partial charge < -0.3 is 5.11 Å². The van der Waals surface area contributed by atoms with E-state index in [9.17, 15) is 5.11 Å². The fraction of sp³-hybridized carbons (Fsp3) is 0.118. The van der Waals surface area contributed by atoms with Crippen LogP contribution in [-0.4, -0.2) is 14.9 Å². The fourth-order valence-corrected chi connectivity index (χ4v) is 2.30. The van der Waals surface area contributed by atoms with Gasteiger partial charge >= 0.3 is 0 Å². The van der Waals surface area contributed by atoms with Gasteiger partial charge in [0.1, 0.15) is 5.69 Å². The smallest absolute Gasteiger partial charge is 0.165 e. The summed E-state index contributed by atoms with van der Waals surface area (Å²) in [5.41, 5.74) is 4.40. The average Bonchev–Trinajstić information content (AvgIpc) is 2.76. The zero-order chi connectivity index (χ0) is 14.1. The second-order valence-electron chi connectivity index (χ2n) is 4.90. The molecule has 0 amide bonds. The van der Waals surface area contributed by atoms with Crippen LogP contribution < -0.4 is 0 Å². The largest absolute Gasteiger partial charge is 0.504 e. The molecule has 0 radical (unpaired) electrons. The lowest BCUT2D eigenvalue weighted by molar-refractivity contribution is 0.472. The predicted octanol–water partition coefficient (Wildman–Crippen LogP) is 3.86. The van der Waals surface area contributed by atoms with Crippen molar-refractivity contribution in [3.8, 4) is 22.7 Å². The van der Waals surface area contributed by atoms with E-state index in [2.05, 4.69) is 5.10 Å². The third-order valence-electron chi connectivity index (χ3n) is 3.38. The molecular weight excluding hydrogens is 248 g/mol. The van der Waals surface area contributed by atoms with E-state index in [0.29, 0.717) is 5.69 Å². The molecule has 20 heavy (non-hydrogen) atoms. The predicted molar refractivity (Wildman–Crippen MR) is 80.1 cm³/mol. The van der Waals surface area contributed by atoms with E-state index in [4.69, 9.17) is 0 Å². The van der Waals surface area contributed by atoms with Gasteiger partial charge in [-0.15, -0.1) is 0 Å². The van der Waals surface area contributed by atoms with Crippen LogP contribution in [0.25, 0.3) is 16.9 Å². The molecule has 0 saturated heterocycles. The minimum atomic E-state index is 0.234. The van der Waals surface area contributed by atoms with E-state index in [1.54, 1.807) is 4.68 Å². The summed E-state index contributed by atoms with van der Waals surface area (Å²) in [6.07, 6.45) is 0. The average molecular weight is 264 g/mol. The van der Waals surface area contributed by atoms with Gasteiger partial charge in [0.2, 0.25) is 0 Å². The van der Waals surface area contributed by atoms with Crippen LogP contribution in [0.2, 0.25) is 0 Å². The number of aromatic hydroxyl groups is 1. The van der Waals surface area contributed by atoms with Crippen LogP contribution in [-0.2, 0) is 0 Å². The van der Waals surface area contributed by atoms with Crippen LogP contribution in [0.5, 0.6) is 5.75 Å². The van der Waals surface area contributed by atoms with Crippen LogP contribution in [0, 0.1) is 13.8 Å². The van der Waals surface area contributed by atoms with Gasteiger partial charge in [0.05, 0.1) is 11.4 Å². The quantitative estimate of drug-likeness (QED) is 0.763. The topological polar surface area (TPSA) is 38.0 Å². The molecule has 3 aromatic rings. The second kappa shape index (κ2) is 4.85. The minimum absolute atomic E-state index is 0.234. The van der Waals surface area contributed by atoms with Gasteiger partial charge in [0, 0.05) is 5.56 Å². The highest BCUT2D eigenvalue weighted by atomic mass is 16.3. The molecule has 1 aromatic heterocycles. The summed E-state index contributed by atoms with van der Waals surface area (Å²) in [6.45, 7) is 3.91. The normalized spacial score (nSPS) is 10.7. The van der Waals surface area contributed by atoms with E-state index in [-0.39, 0.29) is 5.75 Å². The molecule has 0 spiro atoms. The number of rotatable bonds is 2. The Kier molecular flexibility index (Phi) is 3.03. The molecule has 2 aromatic carbocycles. The Hall–Kier alpha value is -2.55. The Morgan fingerprint density at radius 3 is 2.40 bits per heavy atom. The van der Waals surface area contributed by atoms with Crippen molar-refractivity contribution in [2.24, 2.45) is 0 Å². The van der Waals surface area contributed by atoms with Gasteiger partial charge in [-0.3, -0.25) is 0 Å². The molecule has 0 aliphatic rings. The summed E-state index contributed by atoms with van der Waals surface area (Å²) < 4.78 is 1.78. The first-order chi connectivity index (χ1) is 9.66. The number of hydrogen-bond acceptors (Lipinski definition) is 2. The standard InChI is InChI=1S/C17H16N2O/c1-12-7-6-10-15(11-12)19-13(2)17(20)16(18-19)14-8-4-3-5-9-14/h3-11,20H,1-2H3. The molecule has 3 heteroatoms. The molecule has 0 saturated carbocycles.